The number of allylic oxidation sites excluding steroid dienone is 6. The van der Waals surface area contributed by atoms with Gasteiger partial charge in [0.25, 0.3) is 8.32 Å². The van der Waals surface area contributed by atoms with E-state index in [0.29, 0.717) is 0 Å². The fourth-order valence-corrected chi connectivity index (χ4v) is 8.48. The average molecular weight is 435 g/mol. The highest BCUT2D eigenvalue weighted by Crippen LogP contribution is 2.36. The van der Waals surface area contributed by atoms with Crippen LogP contribution < -0.4 is 10.4 Å². The Morgan fingerprint density at radius 1 is 0.742 bits per heavy atom. The Labute approximate surface area is 190 Å². The van der Waals surface area contributed by atoms with Crippen LogP contribution >= 0.6 is 0 Å². The minimum atomic E-state index is -2.41. The first-order chi connectivity index (χ1) is 15.0. The molecule has 0 saturated carbocycles. The number of hydrogen-bond acceptors (Lipinski definition) is 2. The summed E-state index contributed by atoms with van der Waals surface area (Å²) in [5, 5.41) is 11.5. The lowest BCUT2D eigenvalue weighted by molar-refractivity contribution is 0.289. The van der Waals surface area contributed by atoms with Crippen LogP contribution in [-0.4, -0.2) is 26.6 Å². The molecule has 2 aromatic carbocycles. The van der Waals surface area contributed by atoms with E-state index in [-0.39, 0.29) is 11.6 Å². The van der Waals surface area contributed by atoms with Crippen LogP contribution in [0, 0.1) is 0 Å². The van der Waals surface area contributed by atoms with E-state index in [4.69, 9.17) is 9.53 Å². The summed E-state index contributed by atoms with van der Waals surface area (Å²) < 4.78 is 6.90. The van der Waals surface area contributed by atoms with Gasteiger partial charge >= 0.3 is 0 Å². The van der Waals surface area contributed by atoms with Gasteiger partial charge in [0.2, 0.25) is 0 Å². The van der Waals surface area contributed by atoms with Crippen molar-refractivity contribution in [2.45, 2.75) is 51.5 Å². The summed E-state index contributed by atoms with van der Waals surface area (Å²) in [5.41, 5.74) is 0. The topological polar surface area (TPSA) is 29.5 Å². The molecule has 0 bridgehead atoms. The Kier molecular flexibility index (Phi) is 10.7. The number of aliphatic hydroxyl groups is 1. The molecule has 0 aliphatic carbocycles. The predicted molar refractivity (Wildman–Crippen MR) is 137 cm³/mol. The van der Waals surface area contributed by atoms with Gasteiger partial charge in [-0.3, -0.25) is 0 Å². The number of rotatable bonds is 12. The molecule has 0 heterocycles. The normalized spacial score (nSPS) is 13.0. The first-order valence-corrected chi connectivity index (χ1v) is 13.3. The van der Waals surface area contributed by atoms with Crippen LogP contribution in [0.25, 0.3) is 0 Å². The molecule has 0 aromatic heterocycles. The minimum Gasteiger partial charge on any atom is -0.407 e. The Bertz CT molecular complexity index is 778. The average Bonchev–Trinajstić information content (AvgIpc) is 2.77. The molecule has 2 nitrogen and oxygen atoms in total. The molecule has 0 fully saturated rings. The summed E-state index contributed by atoms with van der Waals surface area (Å²) in [6, 6.07) is 21.6. The zero-order valence-electron chi connectivity index (χ0n) is 19.3. The summed E-state index contributed by atoms with van der Waals surface area (Å²) in [6.45, 7) is 7.96. The van der Waals surface area contributed by atoms with Crippen molar-refractivity contribution >= 4 is 18.7 Å². The molecular weight excluding hydrogens is 396 g/mol. The lowest BCUT2D eigenvalue weighted by atomic mass is 10.2. The second-order valence-electron chi connectivity index (χ2n) is 8.76. The number of aliphatic hydroxyl groups excluding tert-OH is 1. The summed E-state index contributed by atoms with van der Waals surface area (Å²) in [5.74, 6) is 0. The monoisotopic (exact) mass is 434 g/mol. The Balaban J connectivity index is 2.03. The third-order valence-corrected chi connectivity index (χ3v) is 10.4. The summed E-state index contributed by atoms with van der Waals surface area (Å²) in [4.78, 5) is 0. The highest BCUT2D eigenvalue weighted by molar-refractivity contribution is 6.99. The van der Waals surface area contributed by atoms with Gasteiger partial charge in [-0.25, -0.2) is 0 Å². The third kappa shape index (κ3) is 7.46. The maximum Gasteiger partial charge on any atom is 0.261 e. The van der Waals surface area contributed by atoms with E-state index < -0.39 is 8.32 Å². The Morgan fingerprint density at radius 3 is 1.68 bits per heavy atom. The smallest absolute Gasteiger partial charge is 0.261 e. The van der Waals surface area contributed by atoms with Gasteiger partial charge in [0.1, 0.15) is 0 Å². The third-order valence-electron chi connectivity index (χ3n) is 5.38. The lowest BCUT2D eigenvalue weighted by Gasteiger charge is -2.43. The molecule has 2 aromatic rings. The number of unbranched alkanes of at least 4 members (excludes halogenated alkanes) is 2. The second kappa shape index (κ2) is 13.3. The minimum absolute atomic E-state index is 0.0244. The summed E-state index contributed by atoms with van der Waals surface area (Å²) in [6.07, 6.45) is 16.2. The van der Waals surface area contributed by atoms with Crippen LogP contribution in [0.5, 0.6) is 0 Å². The molecule has 2 rings (SSSR count). The van der Waals surface area contributed by atoms with Crippen LogP contribution in [0.15, 0.2) is 97.1 Å². The zero-order chi connectivity index (χ0) is 22.4. The van der Waals surface area contributed by atoms with Crippen LogP contribution in [0.4, 0.5) is 0 Å². The van der Waals surface area contributed by atoms with Gasteiger partial charge < -0.3 is 9.53 Å². The number of hydrogen-bond donors (Lipinski definition) is 1. The van der Waals surface area contributed by atoms with Crippen LogP contribution in [0.1, 0.15) is 46.5 Å². The first kappa shape index (κ1) is 25.1. The highest BCUT2D eigenvalue weighted by Gasteiger charge is 2.49. The zero-order valence-corrected chi connectivity index (χ0v) is 20.3. The van der Waals surface area contributed by atoms with Gasteiger partial charge in [-0.15, -0.1) is 0 Å². The quantitative estimate of drug-likeness (QED) is 0.260. The van der Waals surface area contributed by atoms with Crippen LogP contribution in [-0.2, 0) is 4.43 Å². The molecule has 1 N–H and O–H groups in total. The highest BCUT2D eigenvalue weighted by atomic mass is 28.4. The molecule has 0 aliphatic rings. The molecule has 0 atom stereocenters. The van der Waals surface area contributed by atoms with Crippen molar-refractivity contribution in [2.75, 3.05) is 13.2 Å². The van der Waals surface area contributed by atoms with Crippen molar-refractivity contribution < 1.29 is 9.53 Å². The van der Waals surface area contributed by atoms with E-state index in [1.807, 2.05) is 12.2 Å². The molecule has 0 unspecified atom stereocenters. The summed E-state index contributed by atoms with van der Waals surface area (Å²) in [7, 11) is -2.41. The van der Waals surface area contributed by atoms with Crippen molar-refractivity contribution in [2.24, 2.45) is 0 Å². The van der Waals surface area contributed by atoms with Gasteiger partial charge in [0.15, 0.2) is 0 Å². The van der Waals surface area contributed by atoms with E-state index >= 15 is 0 Å². The fourth-order valence-electron chi connectivity index (χ4n) is 3.88. The second-order valence-corrected chi connectivity index (χ2v) is 13.1. The Hall–Kier alpha value is -2.20. The standard InChI is InChI=1S/C28H38O2Si/c1-28(2,3)31(26-20-14-12-15-21-26,27-22-16-13-17-23-27)30-25-19-11-9-7-5-4-6-8-10-18-24-29/h4-9,12-17,20-23,29H,10-11,18-19,24-25H2,1-3H3/b5-4+,8-6+,9-7+. The lowest BCUT2D eigenvalue weighted by Crippen LogP contribution is -2.66. The van der Waals surface area contributed by atoms with E-state index in [1.54, 1.807) is 0 Å². The van der Waals surface area contributed by atoms with Crippen molar-refractivity contribution in [1.29, 1.82) is 0 Å². The van der Waals surface area contributed by atoms with Gasteiger partial charge in [-0.2, -0.15) is 0 Å². The van der Waals surface area contributed by atoms with Gasteiger partial charge in [0.05, 0.1) is 0 Å². The van der Waals surface area contributed by atoms with Crippen molar-refractivity contribution in [1.82, 2.24) is 0 Å². The fraction of sp³-hybridized carbons (Fsp3) is 0.357. The van der Waals surface area contributed by atoms with Crippen molar-refractivity contribution in [3.63, 3.8) is 0 Å². The first-order valence-electron chi connectivity index (χ1n) is 11.4. The van der Waals surface area contributed by atoms with E-state index in [1.165, 1.54) is 10.4 Å². The molecule has 31 heavy (non-hydrogen) atoms. The summed E-state index contributed by atoms with van der Waals surface area (Å²) >= 11 is 0. The van der Waals surface area contributed by atoms with Crippen LogP contribution in [0.2, 0.25) is 5.04 Å². The van der Waals surface area contributed by atoms with Gasteiger partial charge in [-0.05, 0) is 41.1 Å². The van der Waals surface area contributed by atoms with Crippen LogP contribution in [0.3, 0.4) is 0 Å². The molecule has 0 spiro atoms. The molecule has 0 radical (unpaired) electrons. The molecule has 0 amide bonds. The molecule has 0 aliphatic heterocycles. The predicted octanol–water partition coefficient (Wildman–Crippen LogP) is 5.78. The molecule has 166 valence electrons. The molecular formula is C28H38O2Si. The van der Waals surface area contributed by atoms with Crippen molar-refractivity contribution in [3.05, 3.63) is 97.1 Å². The van der Waals surface area contributed by atoms with E-state index in [9.17, 15) is 0 Å². The molecule has 0 saturated heterocycles. The van der Waals surface area contributed by atoms with Gasteiger partial charge in [0, 0.05) is 13.2 Å². The number of benzene rings is 2. The van der Waals surface area contributed by atoms with E-state index in [2.05, 4.69) is 106 Å². The maximum atomic E-state index is 8.76. The maximum absolute atomic E-state index is 8.76. The largest absolute Gasteiger partial charge is 0.407 e. The molecule has 3 heteroatoms. The van der Waals surface area contributed by atoms with E-state index in [0.717, 1.165) is 32.3 Å². The van der Waals surface area contributed by atoms with Gasteiger partial charge in [-0.1, -0.05) is 118 Å². The van der Waals surface area contributed by atoms with Crippen molar-refractivity contribution in [3.8, 4) is 0 Å². The SMILES string of the molecule is CC(C)(C)[Si](OCCC/C=C/C=C/C=C/CCCO)(c1ccccc1)c1ccccc1. The Morgan fingerprint density at radius 2 is 1.23 bits per heavy atom.